The van der Waals surface area contributed by atoms with Gasteiger partial charge < -0.3 is 24.5 Å². The zero-order valence-electron chi connectivity index (χ0n) is 14.8. The van der Waals surface area contributed by atoms with E-state index in [9.17, 15) is 9.59 Å². The molecule has 0 bridgehead atoms. The van der Waals surface area contributed by atoms with Gasteiger partial charge in [0, 0.05) is 31.0 Å². The summed E-state index contributed by atoms with van der Waals surface area (Å²) < 4.78 is 16.4. The van der Waals surface area contributed by atoms with Gasteiger partial charge in [0.1, 0.15) is 17.6 Å². The fraction of sp³-hybridized carbons (Fsp3) is 0.368. The highest BCUT2D eigenvalue weighted by molar-refractivity contribution is 5.94. The minimum atomic E-state index is -0.349. The van der Waals surface area contributed by atoms with Gasteiger partial charge in [-0.3, -0.25) is 9.59 Å². The Morgan fingerprint density at radius 3 is 2.92 bits per heavy atom. The van der Waals surface area contributed by atoms with Gasteiger partial charge in [0.2, 0.25) is 5.91 Å². The van der Waals surface area contributed by atoms with Gasteiger partial charge >= 0.3 is 0 Å². The second-order valence-corrected chi connectivity index (χ2v) is 6.05. The summed E-state index contributed by atoms with van der Waals surface area (Å²) in [5.41, 5.74) is 1.65. The maximum Gasteiger partial charge on any atom is 0.286 e. The van der Waals surface area contributed by atoms with Crippen molar-refractivity contribution >= 4 is 17.5 Å². The van der Waals surface area contributed by atoms with E-state index < -0.39 is 0 Å². The third-order valence-electron chi connectivity index (χ3n) is 3.95. The Kier molecular flexibility index (Phi) is 5.46. The molecule has 138 valence electrons. The number of carbonyl (C=O) groups excluding carboxylic acids is 2. The fourth-order valence-electron chi connectivity index (χ4n) is 2.81. The number of anilines is 1. The number of nitrogens with one attached hydrogen (secondary N) is 2. The normalized spacial score (nSPS) is 15.1. The van der Waals surface area contributed by atoms with Gasteiger partial charge in [0.25, 0.3) is 5.91 Å². The molecule has 1 aliphatic heterocycles. The number of benzene rings is 1. The molecule has 1 atom stereocenters. The van der Waals surface area contributed by atoms with Gasteiger partial charge in [0.05, 0.1) is 18.6 Å². The maximum atomic E-state index is 12.2. The largest absolute Gasteiger partial charge is 0.492 e. The Morgan fingerprint density at radius 2 is 2.19 bits per heavy atom. The van der Waals surface area contributed by atoms with E-state index in [0.29, 0.717) is 18.0 Å². The summed E-state index contributed by atoms with van der Waals surface area (Å²) in [5, 5.41) is 5.47. The van der Waals surface area contributed by atoms with Crippen molar-refractivity contribution in [2.75, 3.05) is 18.5 Å². The van der Waals surface area contributed by atoms with Crippen molar-refractivity contribution in [2.24, 2.45) is 0 Å². The summed E-state index contributed by atoms with van der Waals surface area (Å²) in [6.07, 6.45) is 2.49. The summed E-state index contributed by atoms with van der Waals surface area (Å²) in [6.45, 7) is 4.59. The SMILES string of the molecule is CCOc1cc2c(cc1NC(=O)CCNC(=O)c1ccco1)OC(C)C2. The van der Waals surface area contributed by atoms with Crippen LogP contribution in [-0.4, -0.2) is 31.1 Å². The third-order valence-corrected chi connectivity index (χ3v) is 3.95. The number of fused-ring (bicyclic) bond motifs is 1. The summed E-state index contributed by atoms with van der Waals surface area (Å²) in [5.74, 6) is 1.03. The average molecular weight is 358 g/mol. The molecule has 2 heterocycles. The van der Waals surface area contributed by atoms with Crippen LogP contribution in [0.15, 0.2) is 34.9 Å². The average Bonchev–Trinajstić information content (AvgIpc) is 3.24. The minimum absolute atomic E-state index is 0.113. The molecule has 0 spiro atoms. The number of hydrogen-bond donors (Lipinski definition) is 2. The van der Waals surface area contributed by atoms with E-state index in [1.165, 1.54) is 6.26 Å². The molecule has 1 aromatic carbocycles. The lowest BCUT2D eigenvalue weighted by Gasteiger charge is -2.13. The van der Waals surface area contributed by atoms with Crippen molar-refractivity contribution < 1.29 is 23.5 Å². The van der Waals surface area contributed by atoms with Crippen LogP contribution in [0.2, 0.25) is 0 Å². The molecule has 0 saturated carbocycles. The van der Waals surface area contributed by atoms with E-state index in [4.69, 9.17) is 13.9 Å². The van der Waals surface area contributed by atoms with Crippen molar-refractivity contribution in [1.82, 2.24) is 5.32 Å². The molecule has 7 nitrogen and oxygen atoms in total. The predicted octanol–water partition coefficient (Wildman–Crippen LogP) is 2.76. The van der Waals surface area contributed by atoms with Crippen molar-refractivity contribution in [3.05, 3.63) is 41.9 Å². The minimum Gasteiger partial charge on any atom is -0.492 e. The molecule has 3 rings (SSSR count). The summed E-state index contributed by atoms with van der Waals surface area (Å²) in [6, 6.07) is 6.91. The van der Waals surface area contributed by atoms with E-state index in [1.54, 1.807) is 18.2 Å². The summed E-state index contributed by atoms with van der Waals surface area (Å²) >= 11 is 0. The lowest BCUT2D eigenvalue weighted by Crippen LogP contribution is -2.27. The van der Waals surface area contributed by atoms with E-state index in [-0.39, 0.29) is 36.6 Å². The second kappa shape index (κ2) is 7.95. The highest BCUT2D eigenvalue weighted by Gasteiger charge is 2.22. The van der Waals surface area contributed by atoms with Crippen LogP contribution in [0.4, 0.5) is 5.69 Å². The molecule has 1 aromatic heterocycles. The highest BCUT2D eigenvalue weighted by Crippen LogP contribution is 2.38. The van der Waals surface area contributed by atoms with Crippen molar-refractivity contribution in [3.63, 3.8) is 0 Å². The number of ether oxygens (including phenoxy) is 2. The van der Waals surface area contributed by atoms with Crippen LogP contribution in [0.5, 0.6) is 11.5 Å². The number of amides is 2. The summed E-state index contributed by atoms with van der Waals surface area (Å²) in [7, 11) is 0. The monoisotopic (exact) mass is 358 g/mol. The van der Waals surface area contributed by atoms with E-state index in [0.717, 1.165) is 17.7 Å². The third kappa shape index (κ3) is 4.17. The van der Waals surface area contributed by atoms with Gasteiger partial charge in [-0.05, 0) is 32.0 Å². The first-order valence-corrected chi connectivity index (χ1v) is 8.64. The van der Waals surface area contributed by atoms with Gasteiger partial charge in [-0.2, -0.15) is 0 Å². The maximum absolute atomic E-state index is 12.2. The molecule has 26 heavy (non-hydrogen) atoms. The number of hydrogen-bond acceptors (Lipinski definition) is 5. The van der Waals surface area contributed by atoms with E-state index >= 15 is 0 Å². The van der Waals surface area contributed by atoms with Gasteiger partial charge in [0.15, 0.2) is 5.76 Å². The van der Waals surface area contributed by atoms with Crippen molar-refractivity contribution in [3.8, 4) is 11.5 Å². The van der Waals surface area contributed by atoms with E-state index in [1.807, 2.05) is 19.9 Å². The molecule has 2 amide bonds. The first-order valence-electron chi connectivity index (χ1n) is 8.64. The molecule has 2 N–H and O–H groups in total. The molecule has 0 radical (unpaired) electrons. The molecule has 0 aliphatic carbocycles. The van der Waals surface area contributed by atoms with Crippen molar-refractivity contribution in [1.29, 1.82) is 0 Å². The Balaban J connectivity index is 1.58. The Bertz CT molecular complexity index is 785. The van der Waals surface area contributed by atoms with Crippen LogP contribution in [0.3, 0.4) is 0 Å². The molecule has 0 fully saturated rings. The first-order chi connectivity index (χ1) is 12.6. The van der Waals surface area contributed by atoms with Crippen LogP contribution in [0.1, 0.15) is 36.4 Å². The summed E-state index contributed by atoms with van der Waals surface area (Å²) in [4.78, 5) is 24.0. The molecular formula is C19H22N2O5. The lowest BCUT2D eigenvalue weighted by molar-refractivity contribution is -0.116. The smallest absolute Gasteiger partial charge is 0.286 e. The number of rotatable bonds is 7. The number of carbonyl (C=O) groups is 2. The Morgan fingerprint density at radius 1 is 1.35 bits per heavy atom. The zero-order valence-corrected chi connectivity index (χ0v) is 14.8. The molecule has 0 saturated heterocycles. The topological polar surface area (TPSA) is 89.8 Å². The predicted molar refractivity (Wildman–Crippen MR) is 95.7 cm³/mol. The number of furan rings is 1. The zero-order chi connectivity index (χ0) is 18.5. The first kappa shape index (κ1) is 17.8. The standard InChI is InChI=1S/C19H22N2O5/c1-3-24-17-10-13-9-12(2)26-16(13)11-14(17)21-18(22)6-7-20-19(23)15-5-4-8-25-15/h4-5,8,10-12H,3,6-7,9H2,1-2H3,(H,20,23)(H,21,22). The second-order valence-electron chi connectivity index (χ2n) is 6.05. The Hall–Kier alpha value is -2.96. The molecule has 1 aliphatic rings. The van der Waals surface area contributed by atoms with Crippen molar-refractivity contribution in [2.45, 2.75) is 32.8 Å². The molecule has 1 unspecified atom stereocenters. The van der Waals surface area contributed by atoms with Crippen LogP contribution < -0.4 is 20.1 Å². The lowest BCUT2D eigenvalue weighted by atomic mass is 10.1. The van der Waals surface area contributed by atoms with Crippen LogP contribution in [0, 0.1) is 0 Å². The van der Waals surface area contributed by atoms with E-state index in [2.05, 4.69) is 10.6 Å². The quantitative estimate of drug-likeness (QED) is 0.794. The fourth-order valence-corrected chi connectivity index (χ4v) is 2.81. The van der Waals surface area contributed by atoms with Gasteiger partial charge in [-0.25, -0.2) is 0 Å². The van der Waals surface area contributed by atoms with Gasteiger partial charge in [-0.15, -0.1) is 0 Å². The molecular weight excluding hydrogens is 336 g/mol. The van der Waals surface area contributed by atoms with Crippen LogP contribution in [0.25, 0.3) is 0 Å². The highest BCUT2D eigenvalue weighted by atomic mass is 16.5. The molecule has 2 aromatic rings. The molecule has 7 heteroatoms. The van der Waals surface area contributed by atoms with Gasteiger partial charge in [-0.1, -0.05) is 0 Å². The Labute approximate surface area is 151 Å². The van der Waals surface area contributed by atoms with Crippen LogP contribution >= 0.6 is 0 Å². The van der Waals surface area contributed by atoms with Crippen LogP contribution in [-0.2, 0) is 11.2 Å².